The number of nitrogens with one attached hydrogen (secondary N) is 1. The fourth-order valence-corrected chi connectivity index (χ4v) is 4.71. The van der Waals surface area contributed by atoms with E-state index in [1.807, 2.05) is 25.0 Å². The van der Waals surface area contributed by atoms with Gasteiger partial charge in [0.05, 0.1) is 17.3 Å². The molecule has 4 aromatic rings. The van der Waals surface area contributed by atoms with Gasteiger partial charge < -0.3 is 10.2 Å². The lowest BCUT2D eigenvalue weighted by atomic mass is 10.0. The van der Waals surface area contributed by atoms with Crippen molar-refractivity contribution in [3.8, 4) is 22.5 Å². The molecule has 9 nitrogen and oxygen atoms in total. The highest BCUT2D eigenvalue weighted by Crippen LogP contribution is 2.38. The largest absolute Gasteiger partial charge is 0.354 e. The normalized spacial score (nSPS) is 16.0. The van der Waals surface area contributed by atoms with Crippen LogP contribution >= 0.6 is 0 Å². The van der Waals surface area contributed by atoms with Crippen molar-refractivity contribution in [2.24, 2.45) is 14.1 Å². The molecule has 0 aliphatic carbocycles. The SMILES string of the molecule is CCc1ccc(-c2c(-c3nn(C)c4ncnc(N5CC[C@@H](NC(C)=O)C5)c34)cnn2C)cc1. The number of hydrogen-bond acceptors (Lipinski definition) is 6. The summed E-state index contributed by atoms with van der Waals surface area (Å²) in [6.45, 7) is 5.23. The minimum atomic E-state index is -0.00848. The Morgan fingerprint density at radius 1 is 1.15 bits per heavy atom. The van der Waals surface area contributed by atoms with E-state index in [1.165, 1.54) is 5.56 Å². The number of aryl methyl sites for hydroxylation is 3. The van der Waals surface area contributed by atoms with Crippen LogP contribution < -0.4 is 10.2 Å². The van der Waals surface area contributed by atoms with E-state index >= 15 is 0 Å². The Balaban J connectivity index is 1.63. The maximum Gasteiger partial charge on any atom is 0.217 e. The van der Waals surface area contributed by atoms with Crippen LogP contribution in [-0.2, 0) is 25.3 Å². The minimum Gasteiger partial charge on any atom is -0.354 e. The molecule has 1 amide bonds. The summed E-state index contributed by atoms with van der Waals surface area (Å²) >= 11 is 0. The summed E-state index contributed by atoms with van der Waals surface area (Å²) in [5.74, 6) is 0.831. The number of anilines is 1. The first-order valence-corrected chi connectivity index (χ1v) is 11.3. The third-order valence-electron chi connectivity index (χ3n) is 6.33. The Hall–Kier alpha value is -3.75. The van der Waals surface area contributed by atoms with Gasteiger partial charge in [-0.2, -0.15) is 10.2 Å². The molecule has 0 unspecified atom stereocenters. The molecule has 1 N–H and O–H groups in total. The maximum atomic E-state index is 11.5. The molecule has 1 aliphatic rings. The number of carbonyl (C=O) groups excluding carboxylic acids is 1. The topological polar surface area (TPSA) is 93.8 Å². The minimum absolute atomic E-state index is 0.00848. The molecule has 0 saturated carbocycles. The van der Waals surface area contributed by atoms with Crippen LogP contribution in [0.1, 0.15) is 25.8 Å². The molecule has 170 valence electrons. The highest BCUT2D eigenvalue weighted by atomic mass is 16.1. The van der Waals surface area contributed by atoms with Crippen molar-refractivity contribution in [3.05, 3.63) is 42.4 Å². The van der Waals surface area contributed by atoms with E-state index in [-0.39, 0.29) is 11.9 Å². The third kappa shape index (κ3) is 3.73. The number of carbonyl (C=O) groups is 1. The van der Waals surface area contributed by atoms with Crippen LogP contribution in [0.5, 0.6) is 0 Å². The Labute approximate surface area is 192 Å². The molecule has 1 aliphatic heterocycles. The van der Waals surface area contributed by atoms with E-state index in [2.05, 4.69) is 56.5 Å². The molecule has 33 heavy (non-hydrogen) atoms. The van der Waals surface area contributed by atoms with Crippen molar-refractivity contribution in [1.29, 1.82) is 0 Å². The number of hydrogen-bond donors (Lipinski definition) is 1. The number of fused-ring (bicyclic) bond motifs is 1. The second-order valence-corrected chi connectivity index (χ2v) is 8.58. The van der Waals surface area contributed by atoms with Gasteiger partial charge in [-0.05, 0) is 18.4 Å². The first kappa shape index (κ1) is 21.1. The number of nitrogens with zero attached hydrogens (tertiary/aromatic N) is 7. The van der Waals surface area contributed by atoms with Crippen molar-refractivity contribution in [2.75, 3.05) is 18.0 Å². The summed E-state index contributed by atoms with van der Waals surface area (Å²) in [5, 5.41) is 13.4. The number of benzene rings is 1. The fourth-order valence-electron chi connectivity index (χ4n) is 4.71. The quantitative estimate of drug-likeness (QED) is 0.509. The smallest absolute Gasteiger partial charge is 0.217 e. The molecule has 5 rings (SSSR count). The Morgan fingerprint density at radius 2 is 1.94 bits per heavy atom. The maximum absolute atomic E-state index is 11.5. The second kappa shape index (κ2) is 8.31. The first-order valence-electron chi connectivity index (χ1n) is 11.3. The molecule has 4 heterocycles. The van der Waals surface area contributed by atoms with E-state index in [4.69, 9.17) is 5.10 Å². The monoisotopic (exact) mass is 444 g/mol. The van der Waals surface area contributed by atoms with Crippen molar-refractivity contribution >= 4 is 22.8 Å². The van der Waals surface area contributed by atoms with Crippen molar-refractivity contribution in [2.45, 2.75) is 32.7 Å². The van der Waals surface area contributed by atoms with Crippen LogP contribution in [0.15, 0.2) is 36.8 Å². The summed E-state index contributed by atoms with van der Waals surface area (Å²) in [7, 11) is 3.85. The zero-order valence-corrected chi connectivity index (χ0v) is 19.4. The average Bonchev–Trinajstić information content (AvgIpc) is 3.51. The van der Waals surface area contributed by atoms with Gasteiger partial charge in [0, 0.05) is 51.3 Å². The van der Waals surface area contributed by atoms with Gasteiger partial charge in [-0.15, -0.1) is 0 Å². The molecule has 0 spiro atoms. The summed E-state index contributed by atoms with van der Waals surface area (Å²) in [4.78, 5) is 22.9. The summed E-state index contributed by atoms with van der Waals surface area (Å²) in [5.41, 5.74) is 5.92. The van der Waals surface area contributed by atoms with Gasteiger partial charge in [0.15, 0.2) is 5.65 Å². The van der Waals surface area contributed by atoms with Crippen LogP contribution in [0.4, 0.5) is 5.82 Å². The Morgan fingerprint density at radius 3 is 2.67 bits per heavy atom. The number of rotatable bonds is 5. The third-order valence-corrected chi connectivity index (χ3v) is 6.33. The van der Waals surface area contributed by atoms with E-state index < -0.39 is 0 Å². The first-order chi connectivity index (χ1) is 16.0. The molecular weight excluding hydrogens is 416 g/mol. The van der Waals surface area contributed by atoms with Crippen molar-refractivity contribution in [1.82, 2.24) is 34.8 Å². The van der Waals surface area contributed by atoms with E-state index in [0.717, 1.165) is 58.8 Å². The highest BCUT2D eigenvalue weighted by molar-refractivity contribution is 6.01. The number of aromatic nitrogens is 6. The molecule has 0 radical (unpaired) electrons. The fraction of sp³-hybridized carbons (Fsp3) is 0.375. The van der Waals surface area contributed by atoms with E-state index in [0.29, 0.717) is 6.54 Å². The molecule has 1 atom stereocenters. The Kier molecular flexibility index (Phi) is 5.32. The molecule has 1 saturated heterocycles. The summed E-state index contributed by atoms with van der Waals surface area (Å²) in [6.07, 6.45) is 5.33. The lowest BCUT2D eigenvalue weighted by Gasteiger charge is -2.18. The van der Waals surface area contributed by atoms with Gasteiger partial charge in [-0.1, -0.05) is 31.2 Å². The predicted octanol–water partition coefficient (Wildman–Crippen LogP) is 2.71. The van der Waals surface area contributed by atoms with Gasteiger partial charge in [-0.25, -0.2) is 14.6 Å². The van der Waals surface area contributed by atoms with Crippen LogP contribution in [0, 0.1) is 0 Å². The molecule has 1 aromatic carbocycles. The van der Waals surface area contributed by atoms with Crippen LogP contribution in [0.3, 0.4) is 0 Å². The van der Waals surface area contributed by atoms with Gasteiger partial charge >= 0.3 is 0 Å². The predicted molar refractivity (Wildman–Crippen MR) is 128 cm³/mol. The molecular formula is C24H28N8O. The molecule has 3 aromatic heterocycles. The average molecular weight is 445 g/mol. The summed E-state index contributed by atoms with van der Waals surface area (Å²) < 4.78 is 3.69. The van der Waals surface area contributed by atoms with Crippen LogP contribution in [0.25, 0.3) is 33.5 Å². The van der Waals surface area contributed by atoms with Crippen LogP contribution in [0.2, 0.25) is 0 Å². The lowest BCUT2D eigenvalue weighted by Crippen LogP contribution is -2.35. The Bertz CT molecular complexity index is 1320. The van der Waals surface area contributed by atoms with Gasteiger partial charge in [0.2, 0.25) is 5.91 Å². The second-order valence-electron chi connectivity index (χ2n) is 8.58. The molecule has 9 heteroatoms. The highest BCUT2D eigenvalue weighted by Gasteiger charge is 2.29. The standard InChI is InChI=1S/C24H28N8O/c1-5-16-6-8-17(9-7-16)22-19(12-27-30(22)3)21-20-23(31(4)29-21)25-14-26-24(20)32-11-10-18(13-32)28-15(2)33/h6-9,12,14,18H,5,10-11,13H2,1-4H3,(H,28,33)/t18-/m1/s1. The zero-order chi connectivity index (χ0) is 23.1. The van der Waals surface area contributed by atoms with E-state index in [9.17, 15) is 4.79 Å². The van der Waals surface area contributed by atoms with E-state index in [1.54, 1.807) is 17.9 Å². The van der Waals surface area contributed by atoms with Gasteiger partial charge in [0.1, 0.15) is 17.8 Å². The van der Waals surface area contributed by atoms with Crippen LogP contribution in [-0.4, -0.2) is 54.6 Å². The summed E-state index contributed by atoms with van der Waals surface area (Å²) in [6, 6.07) is 8.70. The lowest BCUT2D eigenvalue weighted by molar-refractivity contribution is -0.119. The van der Waals surface area contributed by atoms with Crippen molar-refractivity contribution < 1.29 is 4.79 Å². The van der Waals surface area contributed by atoms with Gasteiger partial charge in [0.25, 0.3) is 0 Å². The van der Waals surface area contributed by atoms with Crippen molar-refractivity contribution in [3.63, 3.8) is 0 Å². The van der Waals surface area contributed by atoms with Gasteiger partial charge in [-0.3, -0.25) is 9.48 Å². The zero-order valence-electron chi connectivity index (χ0n) is 19.4. The number of amides is 1. The molecule has 1 fully saturated rings. The molecule has 0 bridgehead atoms.